The molecule has 0 bridgehead atoms. The number of aromatic carboxylic acids is 1. The Hall–Kier alpha value is -1.18. The molecule has 2 aromatic heterocycles. The molecule has 146 valence electrons. The molecule has 0 amide bonds. The Bertz CT molecular complexity index is 1270. The van der Waals surface area contributed by atoms with Crippen LogP contribution in [-0.2, 0) is 10.1 Å². The molecule has 0 spiro atoms. The van der Waals surface area contributed by atoms with Gasteiger partial charge in [-0.3, -0.25) is 0 Å². The first-order valence-corrected chi connectivity index (χ1v) is 9.47. The zero-order valence-electron chi connectivity index (χ0n) is 17.4. The van der Waals surface area contributed by atoms with Gasteiger partial charge in [-0.1, -0.05) is 0 Å². The third kappa shape index (κ3) is 5.17. The molecule has 0 fully saturated rings. The van der Waals surface area contributed by atoms with Gasteiger partial charge in [0.05, 0.1) is 22.2 Å². The molecular weight excluding hydrogens is 432 g/mol. The van der Waals surface area contributed by atoms with Gasteiger partial charge in [0.25, 0.3) is 0 Å². The zero-order chi connectivity index (χ0) is 20.8. The summed E-state index contributed by atoms with van der Waals surface area (Å²) in [5.74, 6) is -1.68. The number of fused-ring (bicyclic) bond motifs is 1. The molecule has 0 atom stereocenters. The molecular formula is C17H15N5Na2O5S. The average Bonchev–Trinajstić information content (AvgIpc) is 2.92. The van der Waals surface area contributed by atoms with Crippen molar-refractivity contribution >= 4 is 33.1 Å². The van der Waals surface area contributed by atoms with E-state index in [1.807, 2.05) is 20.8 Å². The van der Waals surface area contributed by atoms with Crippen LogP contribution in [0.15, 0.2) is 33.3 Å². The molecule has 0 saturated carbocycles. The predicted molar refractivity (Wildman–Crippen MR) is 94.8 cm³/mol. The summed E-state index contributed by atoms with van der Waals surface area (Å²) < 4.78 is 34.9. The Kier molecular flexibility index (Phi) is 8.92. The number of carbonyl (C=O) groups excluding carboxylic acids is 1. The minimum absolute atomic E-state index is 0. The summed E-state index contributed by atoms with van der Waals surface area (Å²) in [7, 11) is -4.82. The molecule has 0 aliphatic carbocycles. The SMILES string of the molecule is Cc1nc2c(N=Nc3ccc(S(=O)(=O)[O-])cc3C(=O)[O-])c(C)nn2c(C)c1C.[Na+].[Na+]. The van der Waals surface area contributed by atoms with E-state index in [0.29, 0.717) is 23.1 Å². The number of carbonyl (C=O) groups is 1. The van der Waals surface area contributed by atoms with E-state index in [1.54, 1.807) is 11.4 Å². The summed E-state index contributed by atoms with van der Waals surface area (Å²) >= 11 is 0. The third-order valence-electron chi connectivity index (χ3n) is 4.42. The van der Waals surface area contributed by atoms with Gasteiger partial charge >= 0.3 is 59.1 Å². The molecule has 2 heterocycles. The van der Waals surface area contributed by atoms with Gasteiger partial charge in [-0.15, -0.1) is 10.2 Å². The minimum Gasteiger partial charge on any atom is -0.744 e. The number of nitrogens with zero attached hydrogens (tertiary/aromatic N) is 5. The van der Waals surface area contributed by atoms with Gasteiger partial charge < -0.3 is 14.5 Å². The summed E-state index contributed by atoms with van der Waals surface area (Å²) in [6.07, 6.45) is 0. The molecule has 13 heteroatoms. The van der Waals surface area contributed by atoms with Crippen molar-refractivity contribution in [2.24, 2.45) is 10.2 Å². The minimum atomic E-state index is -4.82. The number of carboxylic acid groups (broad SMARTS) is 1. The Labute approximate surface area is 217 Å². The van der Waals surface area contributed by atoms with Gasteiger partial charge in [0, 0.05) is 17.0 Å². The summed E-state index contributed by atoms with van der Waals surface area (Å²) in [6.45, 7) is 7.37. The first kappa shape index (κ1) is 26.9. The number of hydrogen-bond donors (Lipinski definition) is 0. The van der Waals surface area contributed by atoms with Crippen LogP contribution >= 0.6 is 0 Å². The van der Waals surface area contributed by atoms with Gasteiger partial charge in [0.15, 0.2) is 11.3 Å². The van der Waals surface area contributed by atoms with Gasteiger partial charge in [-0.2, -0.15) is 5.10 Å². The first-order chi connectivity index (χ1) is 13.0. The van der Waals surface area contributed by atoms with E-state index in [0.717, 1.165) is 29.1 Å². The molecule has 0 aliphatic rings. The standard InChI is InChI=1S/C17H17N5O5S.2Na/c1-8-9(2)18-16-15(10(3)21-22(16)11(8)4)20-19-14-6-5-12(28(25,26)27)7-13(14)17(23)24;;/h5-7H,1-4H3,(H,23,24)(H,25,26,27);;/q;2*+1/p-2. The number of benzene rings is 1. The number of carboxylic acids is 1. The van der Waals surface area contributed by atoms with Gasteiger partial charge in [-0.25, -0.2) is 17.9 Å². The predicted octanol–water partition coefficient (Wildman–Crippen LogP) is -4.35. The molecule has 0 N–H and O–H groups in total. The van der Waals surface area contributed by atoms with Crippen molar-refractivity contribution in [1.82, 2.24) is 14.6 Å². The van der Waals surface area contributed by atoms with E-state index in [9.17, 15) is 22.9 Å². The van der Waals surface area contributed by atoms with E-state index in [4.69, 9.17) is 0 Å². The fourth-order valence-corrected chi connectivity index (χ4v) is 3.14. The Morgan fingerprint density at radius 3 is 2.27 bits per heavy atom. The summed E-state index contributed by atoms with van der Waals surface area (Å²) in [5.41, 5.74) is 3.25. The molecule has 0 saturated heterocycles. The van der Waals surface area contributed by atoms with E-state index >= 15 is 0 Å². The fourth-order valence-electron chi connectivity index (χ4n) is 2.65. The summed E-state index contributed by atoms with van der Waals surface area (Å²) in [6, 6.07) is 2.74. The molecule has 3 rings (SSSR count). The van der Waals surface area contributed by atoms with Crippen LogP contribution < -0.4 is 64.2 Å². The smallest absolute Gasteiger partial charge is 0.744 e. The zero-order valence-corrected chi connectivity index (χ0v) is 22.2. The number of aromatic nitrogens is 3. The van der Waals surface area contributed by atoms with Crippen LogP contribution in [0.5, 0.6) is 0 Å². The van der Waals surface area contributed by atoms with Gasteiger partial charge in [-0.05, 0) is 51.5 Å². The van der Waals surface area contributed by atoms with Crippen molar-refractivity contribution in [3.63, 3.8) is 0 Å². The maximum atomic E-state index is 11.3. The first-order valence-electron chi connectivity index (χ1n) is 8.07. The second-order valence-electron chi connectivity index (χ2n) is 6.20. The van der Waals surface area contributed by atoms with Crippen molar-refractivity contribution in [2.45, 2.75) is 32.6 Å². The van der Waals surface area contributed by atoms with Crippen molar-refractivity contribution in [3.8, 4) is 0 Å². The van der Waals surface area contributed by atoms with E-state index < -0.39 is 26.5 Å². The Morgan fingerprint density at radius 2 is 1.70 bits per heavy atom. The Morgan fingerprint density at radius 1 is 1.07 bits per heavy atom. The molecule has 10 nitrogen and oxygen atoms in total. The molecule has 0 radical (unpaired) electrons. The van der Waals surface area contributed by atoms with Crippen molar-refractivity contribution in [2.75, 3.05) is 0 Å². The van der Waals surface area contributed by atoms with E-state index in [1.165, 1.54) is 0 Å². The van der Waals surface area contributed by atoms with Gasteiger partial charge in [0.1, 0.15) is 10.1 Å². The summed E-state index contributed by atoms with van der Waals surface area (Å²) in [5, 5.41) is 23.7. The fraction of sp³-hybridized carbons (Fsp3) is 0.235. The van der Waals surface area contributed by atoms with Crippen LogP contribution in [0, 0.1) is 27.7 Å². The third-order valence-corrected chi connectivity index (χ3v) is 5.25. The second kappa shape index (κ2) is 9.96. The van der Waals surface area contributed by atoms with Crippen LogP contribution in [-0.4, -0.2) is 33.5 Å². The van der Waals surface area contributed by atoms with Crippen LogP contribution in [0.3, 0.4) is 0 Å². The molecule has 0 unspecified atom stereocenters. The quantitative estimate of drug-likeness (QED) is 0.223. The molecule has 3 aromatic rings. The average molecular weight is 447 g/mol. The summed E-state index contributed by atoms with van der Waals surface area (Å²) in [4.78, 5) is 15.1. The van der Waals surface area contributed by atoms with E-state index in [2.05, 4.69) is 20.3 Å². The number of hydrogen-bond acceptors (Lipinski definition) is 9. The molecule has 0 aliphatic heterocycles. The number of rotatable bonds is 4. The maximum absolute atomic E-state index is 11.3. The normalized spacial score (nSPS) is 11.4. The topological polar surface area (TPSA) is 152 Å². The van der Waals surface area contributed by atoms with Crippen molar-refractivity contribution in [3.05, 3.63) is 46.4 Å². The van der Waals surface area contributed by atoms with Crippen LogP contribution in [0.1, 0.15) is 33.0 Å². The number of azo groups is 1. The monoisotopic (exact) mass is 447 g/mol. The number of aryl methyl sites for hydroxylation is 3. The largest absolute Gasteiger partial charge is 1.00 e. The van der Waals surface area contributed by atoms with Gasteiger partial charge in [0.2, 0.25) is 0 Å². The molecule has 1 aromatic carbocycles. The van der Waals surface area contributed by atoms with Crippen LogP contribution in [0.4, 0.5) is 11.4 Å². The van der Waals surface area contributed by atoms with Crippen molar-refractivity contribution < 1.29 is 82.0 Å². The maximum Gasteiger partial charge on any atom is 1.00 e. The Balaban J connectivity index is 0.00000225. The van der Waals surface area contributed by atoms with Crippen LogP contribution in [0.25, 0.3) is 5.65 Å². The second-order valence-corrected chi connectivity index (χ2v) is 7.58. The van der Waals surface area contributed by atoms with Crippen LogP contribution in [0.2, 0.25) is 0 Å². The van der Waals surface area contributed by atoms with E-state index in [-0.39, 0.29) is 64.8 Å². The van der Waals surface area contributed by atoms with Crippen molar-refractivity contribution in [1.29, 1.82) is 0 Å². The molecule has 30 heavy (non-hydrogen) atoms.